The number of rotatable bonds is 4. The summed E-state index contributed by atoms with van der Waals surface area (Å²) in [5, 5.41) is 3.56. The van der Waals surface area contributed by atoms with Crippen LogP contribution in [0.2, 0.25) is 0 Å². The van der Waals surface area contributed by atoms with E-state index >= 15 is 0 Å². The van der Waals surface area contributed by atoms with E-state index in [4.69, 9.17) is 16.3 Å². The number of aryl methyl sites for hydroxylation is 1. The van der Waals surface area contributed by atoms with Crippen molar-refractivity contribution in [1.29, 1.82) is 0 Å². The summed E-state index contributed by atoms with van der Waals surface area (Å²) in [5.41, 5.74) is 1.48. The SMILES string of the molecule is CCOC(=O)c1sc2cccc(C)c2c1NC(=O)CCl. The van der Waals surface area contributed by atoms with Crippen LogP contribution >= 0.6 is 22.9 Å². The lowest BCUT2D eigenvalue weighted by Gasteiger charge is -2.06. The molecule has 0 spiro atoms. The van der Waals surface area contributed by atoms with Crippen molar-refractivity contribution in [3.8, 4) is 0 Å². The number of nitrogens with one attached hydrogen (secondary N) is 1. The van der Waals surface area contributed by atoms with E-state index in [1.807, 2.05) is 25.1 Å². The van der Waals surface area contributed by atoms with Crippen molar-refractivity contribution < 1.29 is 14.3 Å². The number of ether oxygens (including phenoxy) is 1. The lowest BCUT2D eigenvalue weighted by Crippen LogP contribution is -2.15. The zero-order chi connectivity index (χ0) is 14.7. The lowest BCUT2D eigenvalue weighted by atomic mass is 10.1. The first-order valence-corrected chi connectivity index (χ1v) is 7.48. The summed E-state index contributed by atoms with van der Waals surface area (Å²) in [6, 6.07) is 5.75. The molecule has 2 aromatic rings. The van der Waals surface area contributed by atoms with Gasteiger partial charge >= 0.3 is 5.97 Å². The van der Waals surface area contributed by atoms with Crippen LogP contribution < -0.4 is 5.32 Å². The first-order valence-electron chi connectivity index (χ1n) is 6.13. The summed E-state index contributed by atoms with van der Waals surface area (Å²) in [6.07, 6.45) is 0. The molecule has 4 nitrogen and oxygen atoms in total. The molecule has 1 heterocycles. The van der Waals surface area contributed by atoms with Gasteiger partial charge in [-0.3, -0.25) is 4.79 Å². The Labute approximate surface area is 125 Å². The number of fused-ring (bicyclic) bond motifs is 1. The van der Waals surface area contributed by atoms with Crippen LogP contribution in [0.1, 0.15) is 22.2 Å². The Bertz CT molecular complexity index is 666. The molecule has 1 aromatic heterocycles. The van der Waals surface area contributed by atoms with Gasteiger partial charge < -0.3 is 10.1 Å². The maximum Gasteiger partial charge on any atom is 0.350 e. The minimum absolute atomic E-state index is 0.161. The topological polar surface area (TPSA) is 55.4 Å². The average molecular weight is 312 g/mol. The number of amides is 1. The fourth-order valence-electron chi connectivity index (χ4n) is 1.95. The molecule has 0 fully saturated rings. The third-order valence-electron chi connectivity index (χ3n) is 2.77. The second-order valence-corrected chi connectivity index (χ2v) is 5.48. The number of hydrogen-bond acceptors (Lipinski definition) is 4. The molecule has 0 aliphatic carbocycles. The predicted molar refractivity (Wildman–Crippen MR) is 81.9 cm³/mol. The molecule has 1 aromatic carbocycles. The van der Waals surface area contributed by atoms with Gasteiger partial charge in [-0.1, -0.05) is 12.1 Å². The highest BCUT2D eigenvalue weighted by Crippen LogP contribution is 2.38. The molecule has 0 atom stereocenters. The first-order chi connectivity index (χ1) is 9.58. The fraction of sp³-hybridized carbons (Fsp3) is 0.286. The van der Waals surface area contributed by atoms with Gasteiger partial charge in [-0.15, -0.1) is 22.9 Å². The van der Waals surface area contributed by atoms with Crippen molar-refractivity contribution in [3.05, 3.63) is 28.6 Å². The molecule has 0 bridgehead atoms. The van der Waals surface area contributed by atoms with Crippen molar-refractivity contribution in [2.75, 3.05) is 17.8 Å². The maximum absolute atomic E-state index is 12.0. The van der Waals surface area contributed by atoms with Crippen LogP contribution in [0.25, 0.3) is 10.1 Å². The van der Waals surface area contributed by atoms with E-state index in [0.717, 1.165) is 15.6 Å². The lowest BCUT2D eigenvalue weighted by molar-refractivity contribution is -0.113. The van der Waals surface area contributed by atoms with Crippen molar-refractivity contribution >= 4 is 50.6 Å². The van der Waals surface area contributed by atoms with Crippen molar-refractivity contribution in [2.45, 2.75) is 13.8 Å². The van der Waals surface area contributed by atoms with Crippen molar-refractivity contribution in [1.82, 2.24) is 0 Å². The smallest absolute Gasteiger partial charge is 0.350 e. The molecule has 0 unspecified atom stereocenters. The Morgan fingerprint density at radius 1 is 1.40 bits per heavy atom. The molecule has 2 rings (SSSR count). The van der Waals surface area contributed by atoms with Crippen LogP contribution in [-0.4, -0.2) is 24.4 Å². The quantitative estimate of drug-likeness (QED) is 0.694. The van der Waals surface area contributed by atoms with Gasteiger partial charge in [0.05, 0.1) is 12.3 Å². The van der Waals surface area contributed by atoms with Crippen LogP contribution in [0.3, 0.4) is 0 Å². The predicted octanol–water partition coefficient (Wildman–Crippen LogP) is 3.56. The zero-order valence-electron chi connectivity index (χ0n) is 11.2. The third kappa shape index (κ3) is 2.78. The largest absolute Gasteiger partial charge is 0.462 e. The molecular formula is C14H14ClNO3S. The van der Waals surface area contributed by atoms with E-state index in [9.17, 15) is 9.59 Å². The summed E-state index contributed by atoms with van der Waals surface area (Å²) < 4.78 is 5.97. The molecule has 0 radical (unpaired) electrons. The molecule has 106 valence electrons. The van der Waals surface area contributed by atoms with Gasteiger partial charge in [0.2, 0.25) is 5.91 Å². The minimum Gasteiger partial charge on any atom is -0.462 e. The number of carbonyl (C=O) groups excluding carboxylic acids is 2. The van der Waals surface area contributed by atoms with Gasteiger partial charge in [-0.25, -0.2) is 4.79 Å². The highest BCUT2D eigenvalue weighted by atomic mass is 35.5. The summed E-state index contributed by atoms with van der Waals surface area (Å²) in [7, 11) is 0. The Kier molecular flexibility index (Phi) is 4.62. The molecule has 1 N–H and O–H groups in total. The molecule has 0 aliphatic heterocycles. The number of esters is 1. The summed E-state index contributed by atoms with van der Waals surface area (Å²) in [4.78, 5) is 24.0. The molecule has 0 saturated heterocycles. The molecule has 1 amide bonds. The summed E-state index contributed by atoms with van der Waals surface area (Å²) in [5.74, 6) is -0.941. The van der Waals surface area contributed by atoms with Crippen LogP contribution in [0.5, 0.6) is 0 Å². The standard InChI is InChI=1S/C14H14ClNO3S/c1-3-19-14(18)13-12(16-10(17)7-15)11-8(2)5-4-6-9(11)20-13/h4-6H,3,7H2,1-2H3,(H,16,17). The molecule has 6 heteroatoms. The Morgan fingerprint density at radius 2 is 2.15 bits per heavy atom. The van der Waals surface area contributed by atoms with E-state index in [1.165, 1.54) is 11.3 Å². The molecular weight excluding hydrogens is 298 g/mol. The number of anilines is 1. The van der Waals surface area contributed by atoms with Gasteiger partial charge in [0.25, 0.3) is 0 Å². The van der Waals surface area contributed by atoms with Gasteiger partial charge in [0.15, 0.2) is 0 Å². The Hall–Kier alpha value is -1.59. The van der Waals surface area contributed by atoms with E-state index in [1.54, 1.807) is 6.92 Å². The van der Waals surface area contributed by atoms with Crippen LogP contribution in [-0.2, 0) is 9.53 Å². The van der Waals surface area contributed by atoms with E-state index in [-0.39, 0.29) is 18.4 Å². The zero-order valence-corrected chi connectivity index (χ0v) is 12.7. The number of carbonyl (C=O) groups is 2. The average Bonchev–Trinajstić information content (AvgIpc) is 2.79. The Balaban J connectivity index is 2.60. The van der Waals surface area contributed by atoms with Gasteiger partial charge in [-0.2, -0.15) is 0 Å². The third-order valence-corrected chi connectivity index (χ3v) is 4.15. The minimum atomic E-state index is -0.432. The van der Waals surface area contributed by atoms with E-state index in [2.05, 4.69) is 5.32 Å². The van der Waals surface area contributed by atoms with Crippen molar-refractivity contribution in [2.24, 2.45) is 0 Å². The summed E-state index contributed by atoms with van der Waals surface area (Å²) >= 11 is 6.83. The molecule has 20 heavy (non-hydrogen) atoms. The summed E-state index contributed by atoms with van der Waals surface area (Å²) in [6.45, 7) is 3.96. The number of hydrogen-bond donors (Lipinski definition) is 1. The first kappa shape index (κ1) is 14.8. The monoisotopic (exact) mass is 311 g/mol. The Morgan fingerprint density at radius 3 is 2.80 bits per heavy atom. The molecule has 0 aliphatic rings. The fourth-order valence-corrected chi connectivity index (χ4v) is 3.15. The second-order valence-electron chi connectivity index (χ2n) is 4.16. The van der Waals surface area contributed by atoms with Crippen molar-refractivity contribution in [3.63, 3.8) is 0 Å². The number of thiophene rings is 1. The normalized spacial score (nSPS) is 10.6. The molecule has 0 saturated carbocycles. The van der Waals surface area contributed by atoms with Crippen LogP contribution in [0.15, 0.2) is 18.2 Å². The van der Waals surface area contributed by atoms with Crippen LogP contribution in [0.4, 0.5) is 5.69 Å². The van der Waals surface area contributed by atoms with E-state index < -0.39 is 5.97 Å². The number of alkyl halides is 1. The number of halogens is 1. The van der Waals surface area contributed by atoms with Gasteiger partial charge in [-0.05, 0) is 25.5 Å². The van der Waals surface area contributed by atoms with Crippen LogP contribution in [0, 0.1) is 6.92 Å². The maximum atomic E-state index is 12.0. The van der Waals surface area contributed by atoms with Gasteiger partial charge in [0, 0.05) is 10.1 Å². The number of benzene rings is 1. The second kappa shape index (κ2) is 6.24. The van der Waals surface area contributed by atoms with E-state index in [0.29, 0.717) is 10.6 Å². The highest BCUT2D eigenvalue weighted by molar-refractivity contribution is 7.21. The highest BCUT2D eigenvalue weighted by Gasteiger charge is 2.21. The van der Waals surface area contributed by atoms with Gasteiger partial charge in [0.1, 0.15) is 10.8 Å².